The molecule has 0 spiro atoms. The Morgan fingerprint density at radius 2 is 1.78 bits per heavy atom. The molecule has 12 nitrogen and oxygen atoms in total. The predicted octanol–water partition coefficient (Wildman–Crippen LogP) is -0.892. The van der Waals surface area contributed by atoms with Crippen LogP contribution in [0.25, 0.3) is 5.76 Å². The van der Waals surface area contributed by atoms with Crippen LogP contribution >= 0.6 is 0 Å². The van der Waals surface area contributed by atoms with Gasteiger partial charge in [0.15, 0.2) is 22.8 Å². The van der Waals surface area contributed by atoms with Crippen molar-refractivity contribution in [3.8, 4) is 11.8 Å². The van der Waals surface area contributed by atoms with E-state index in [1.807, 2.05) is 0 Å². The number of hydrogen-bond donors (Lipinski definition) is 6. The average molecular weight is 495 g/mol. The molecule has 3 aliphatic rings. The first-order valence-electron chi connectivity index (χ1n) is 10.9. The fourth-order valence-corrected chi connectivity index (χ4v) is 6.16. The summed E-state index contributed by atoms with van der Waals surface area (Å²) >= 11 is 0. The highest BCUT2D eigenvalue weighted by atomic mass is 16.3. The molecule has 36 heavy (non-hydrogen) atoms. The molecule has 1 aromatic rings. The van der Waals surface area contributed by atoms with Crippen LogP contribution in [-0.2, 0) is 20.8 Å². The van der Waals surface area contributed by atoms with Crippen molar-refractivity contribution in [2.75, 3.05) is 14.1 Å². The van der Waals surface area contributed by atoms with Crippen LogP contribution in [0.2, 0.25) is 0 Å². The summed E-state index contributed by atoms with van der Waals surface area (Å²) in [6.45, 7) is 1.28. The zero-order valence-corrected chi connectivity index (χ0v) is 19.7. The third-order valence-corrected chi connectivity index (χ3v) is 7.51. The number of primary amides is 1. The van der Waals surface area contributed by atoms with Gasteiger partial charge in [0.1, 0.15) is 22.8 Å². The number of phenols is 1. The van der Waals surface area contributed by atoms with Crippen molar-refractivity contribution < 1.29 is 34.5 Å². The number of aromatic hydroxyl groups is 1. The summed E-state index contributed by atoms with van der Waals surface area (Å²) in [6.07, 6.45) is -0.769. The molecule has 4 rings (SSSR count). The molecule has 0 heterocycles. The van der Waals surface area contributed by atoms with Crippen LogP contribution < -0.4 is 17.2 Å². The minimum Gasteiger partial charge on any atom is -0.509 e. The quantitative estimate of drug-likeness (QED) is 0.222. The second-order valence-electron chi connectivity index (χ2n) is 9.82. The summed E-state index contributed by atoms with van der Waals surface area (Å²) in [7, 11) is 2.86. The topological polar surface area (TPSA) is 234 Å². The average Bonchev–Trinajstić information content (AvgIpc) is 2.72. The van der Waals surface area contributed by atoms with Crippen molar-refractivity contribution in [3.05, 3.63) is 45.7 Å². The minimum atomic E-state index is -2.72. The second kappa shape index (κ2) is 7.47. The van der Waals surface area contributed by atoms with Gasteiger partial charge in [0.05, 0.1) is 34.3 Å². The van der Waals surface area contributed by atoms with Gasteiger partial charge in [0, 0.05) is 5.56 Å². The van der Waals surface area contributed by atoms with Gasteiger partial charge in [-0.25, -0.2) is 0 Å². The first kappa shape index (κ1) is 25.1. The number of likely N-dealkylation sites (N-methyl/N-ethyl adjacent to an activating group) is 1. The van der Waals surface area contributed by atoms with E-state index in [1.165, 1.54) is 38.1 Å². The molecule has 1 aromatic carbocycles. The number of nitriles is 1. The molecule has 1 amide bonds. The number of fused-ring (bicyclic) bond motifs is 3. The largest absolute Gasteiger partial charge is 0.509 e. The van der Waals surface area contributed by atoms with E-state index in [0.717, 1.165) is 0 Å². The van der Waals surface area contributed by atoms with E-state index >= 15 is 0 Å². The monoisotopic (exact) mass is 495 g/mol. The third-order valence-electron chi connectivity index (χ3n) is 7.51. The number of nitrogens with two attached hydrogens (primary N) is 3. The molecule has 0 radical (unpaired) electrons. The molecule has 9 N–H and O–H groups in total. The first-order valence-corrected chi connectivity index (χ1v) is 10.9. The van der Waals surface area contributed by atoms with Crippen molar-refractivity contribution in [2.45, 2.75) is 36.9 Å². The van der Waals surface area contributed by atoms with E-state index in [0.29, 0.717) is 0 Å². The number of carbonyl (C=O) groups excluding carboxylic acids is 4. The summed E-state index contributed by atoms with van der Waals surface area (Å²) in [5, 5.41) is 43.2. The molecule has 4 atom stereocenters. The number of carbonyl (C=O) groups is 4. The van der Waals surface area contributed by atoms with Crippen molar-refractivity contribution in [3.63, 3.8) is 0 Å². The van der Waals surface area contributed by atoms with Gasteiger partial charge in [-0.15, -0.1) is 0 Å². The van der Waals surface area contributed by atoms with Gasteiger partial charge >= 0.3 is 0 Å². The number of aliphatic hydroxyl groups excluding tert-OH is 2. The summed E-state index contributed by atoms with van der Waals surface area (Å²) < 4.78 is 0. The highest BCUT2D eigenvalue weighted by molar-refractivity contribution is 6.25. The smallest absolute Gasteiger partial charge is 0.255 e. The molecular formula is C24H25N5O7. The van der Waals surface area contributed by atoms with Crippen LogP contribution in [0.3, 0.4) is 0 Å². The van der Waals surface area contributed by atoms with Gasteiger partial charge in [-0.05, 0) is 51.6 Å². The van der Waals surface area contributed by atoms with E-state index in [9.17, 15) is 39.8 Å². The van der Waals surface area contributed by atoms with Crippen LogP contribution in [0.1, 0.15) is 34.8 Å². The van der Waals surface area contributed by atoms with Crippen molar-refractivity contribution in [1.29, 1.82) is 5.26 Å². The Balaban J connectivity index is 2.16. The molecule has 1 fully saturated rings. The number of benzene rings is 1. The highest BCUT2D eigenvalue weighted by Gasteiger charge is 2.74. The summed E-state index contributed by atoms with van der Waals surface area (Å²) in [5.74, 6) is -6.47. The third kappa shape index (κ3) is 2.73. The van der Waals surface area contributed by atoms with Crippen LogP contribution in [0.4, 0.5) is 0 Å². The lowest BCUT2D eigenvalue weighted by molar-refractivity contribution is -0.139. The molecule has 0 aromatic heterocycles. The lowest BCUT2D eigenvalue weighted by atomic mass is 9.47. The van der Waals surface area contributed by atoms with Gasteiger partial charge in [0.25, 0.3) is 5.91 Å². The van der Waals surface area contributed by atoms with Gasteiger partial charge in [-0.3, -0.25) is 24.1 Å². The number of nitrogens with zero attached hydrogens (tertiary/aromatic N) is 2. The van der Waals surface area contributed by atoms with E-state index in [-0.39, 0.29) is 23.1 Å². The fourth-order valence-electron chi connectivity index (χ4n) is 6.16. The lowest BCUT2D eigenvalue weighted by Crippen LogP contribution is -2.80. The maximum absolute atomic E-state index is 14.1. The molecule has 1 saturated carbocycles. The van der Waals surface area contributed by atoms with Gasteiger partial charge in [0.2, 0.25) is 0 Å². The van der Waals surface area contributed by atoms with E-state index < -0.39 is 80.6 Å². The number of phenolic OH excluding ortho intramolecular Hbond substituents is 1. The summed E-state index contributed by atoms with van der Waals surface area (Å²) in [6, 6.07) is 2.72. The number of aliphatic hydroxyl groups is 2. The van der Waals surface area contributed by atoms with E-state index in [2.05, 4.69) is 0 Å². The Labute approximate surface area is 205 Å². The van der Waals surface area contributed by atoms with Crippen LogP contribution in [0, 0.1) is 16.7 Å². The van der Waals surface area contributed by atoms with Crippen molar-refractivity contribution in [1.82, 2.24) is 4.90 Å². The molecular weight excluding hydrogens is 470 g/mol. The molecule has 3 aliphatic carbocycles. The first-order chi connectivity index (χ1) is 16.6. The Hall–Kier alpha value is -4.05. The maximum Gasteiger partial charge on any atom is 0.255 e. The van der Waals surface area contributed by atoms with Crippen LogP contribution in [0.5, 0.6) is 5.75 Å². The molecule has 12 heteroatoms. The standard InChI is InChI=1S/C24H25N5O7/c1-9(30)10-4-5-12(31)13-11(10)6-22(27)7-24(28)18(29(2)3)17(33)14(21(26)36)19(34)23(24,8-25)20(35)15(22)16(13)32/h4-5,18,31-32,34H,6-7,27-28H2,1-3H3,(H2,26,36)/t18-,22-,23+,24-/m1/s1. The molecule has 188 valence electrons. The molecule has 0 aliphatic heterocycles. The number of ketones is 3. The second-order valence-corrected chi connectivity index (χ2v) is 9.82. The zero-order chi connectivity index (χ0) is 27.1. The number of Topliss-reactive ketones (excluding diaryl/α,β-unsaturated/α-hetero) is 3. The Morgan fingerprint density at radius 1 is 1.17 bits per heavy atom. The van der Waals surface area contributed by atoms with Gasteiger partial charge in [-0.2, -0.15) is 5.26 Å². The van der Waals surface area contributed by atoms with Gasteiger partial charge < -0.3 is 32.5 Å². The lowest BCUT2D eigenvalue weighted by Gasteiger charge is -2.58. The number of amides is 1. The predicted molar refractivity (Wildman–Crippen MR) is 124 cm³/mol. The van der Waals surface area contributed by atoms with Crippen molar-refractivity contribution >= 4 is 29.0 Å². The van der Waals surface area contributed by atoms with Crippen molar-refractivity contribution in [2.24, 2.45) is 22.6 Å². The highest BCUT2D eigenvalue weighted by Crippen LogP contribution is 2.58. The molecule has 0 saturated heterocycles. The SMILES string of the molecule is CC(=O)c1ccc(O)c2c1C[C@@]1(N)C[C@@]3(N)[C@H](N(C)C)C(=O)C(C(N)=O)=C(O)[C@@]3(C#N)C(=O)C1=C2O. The Bertz CT molecular complexity index is 1400. The number of hydrogen-bond acceptors (Lipinski definition) is 11. The van der Waals surface area contributed by atoms with Crippen LogP contribution in [0.15, 0.2) is 29.0 Å². The summed E-state index contributed by atoms with van der Waals surface area (Å²) in [5.41, 5.74) is 10.6. The minimum absolute atomic E-state index is 0.136. The number of rotatable bonds is 3. The van der Waals surface area contributed by atoms with E-state index in [1.54, 1.807) is 6.07 Å². The molecule has 0 bridgehead atoms. The summed E-state index contributed by atoms with van der Waals surface area (Å²) in [4.78, 5) is 53.2. The Kier molecular flexibility index (Phi) is 5.20. The zero-order valence-electron chi connectivity index (χ0n) is 19.7. The Morgan fingerprint density at radius 3 is 2.28 bits per heavy atom. The molecule has 0 unspecified atom stereocenters. The van der Waals surface area contributed by atoms with E-state index in [4.69, 9.17) is 17.2 Å². The van der Waals surface area contributed by atoms with Gasteiger partial charge in [-0.1, -0.05) is 0 Å². The normalized spacial score (nSPS) is 31.5. The fraction of sp³-hybridized carbons (Fsp3) is 0.375. The maximum atomic E-state index is 14.1. The van der Waals surface area contributed by atoms with Crippen LogP contribution in [-0.4, -0.2) is 74.7 Å².